The fraction of sp³-hybridized carbons (Fsp3) is 0.364. The van der Waals surface area contributed by atoms with Gasteiger partial charge in [0.15, 0.2) is 0 Å². The van der Waals surface area contributed by atoms with Crippen molar-refractivity contribution in [1.29, 1.82) is 0 Å². The average molecular weight is 322 g/mol. The molecule has 0 aliphatic carbocycles. The molecule has 0 unspecified atom stereocenters. The summed E-state index contributed by atoms with van der Waals surface area (Å²) < 4.78 is 0. The molecule has 0 aromatic heterocycles. The largest absolute Gasteiger partial charge is 0.0636 e. The van der Waals surface area contributed by atoms with Gasteiger partial charge in [-0.05, 0) is 43.2 Å². The summed E-state index contributed by atoms with van der Waals surface area (Å²) in [7, 11) is -0.311. The normalized spacial score (nSPS) is 13.2. The molecule has 0 nitrogen and oxygen atoms in total. The van der Waals surface area contributed by atoms with Crippen LogP contribution in [0, 0.1) is 0 Å². The van der Waals surface area contributed by atoms with Gasteiger partial charge in [-0.25, -0.2) is 0 Å². The summed E-state index contributed by atoms with van der Waals surface area (Å²) in [4.78, 5) is 0. The minimum atomic E-state index is -0.311. The zero-order valence-electron chi connectivity index (χ0n) is 15.1. The van der Waals surface area contributed by atoms with Gasteiger partial charge in [0.25, 0.3) is 0 Å². The molecule has 23 heavy (non-hydrogen) atoms. The Hall–Kier alpha value is -1.39. The molecule has 3 aromatic rings. The lowest BCUT2D eigenvalue weighted by atomic mass is 10.0. The van der Waals surface area contributed by atoms with Crippen molar-refractivity contribution >= 4 is 34.8 Å². The molecule has 0 saturated heterocycles. The van der Waals surface area contributed by atoms with Crippen LogP contribution < -0.4 is 5.30 Å². The Labute approximate surface area is 141 Å². The summed E-state index contributed by atoms with van der Waals surface area (Å²) in [5.41, 5.74) is 0. The van der Waals surface area contributed by atoms with Crippen molar-refractivity contribution < 1.29 is 0 Å². The van der Waals surface area contributed by atoms with Crippen LogP contribution in [0.2, 0.25) is 0 Å². The third-order valence-electron chi connectivity index (χ3n) is 4.33. The lowest BCUT2D eigenvalue weighted by Gasteiger charge is -2.42. The van der Waals surface area contributed by atoms with E-state index in [1.165, 1.54) is 21.5 Å². The van der Waals surface area contributed by atoms with Crippen molar-refractivity contribution in [3.63, 3.8) is 0 Å². The van der Waals surface area contributed by atoms with Crippen molar-refractivity contribution in [1.82, 2.24) is 0 Å². The Kier molecular flexibility index (Phi) is 4.01. The van der Waals surface area contributed by atoms with E-state index in [-0.39, 0.29) is 18.2 Å². The van der Waals surface area contributed by atoms with Crippen LogP contribution in [0.15, 0.2) is 54.6 Å². The maximum Gasteiger partial charge on any atom is -0.00990 e. The van der Waals surface area contributed by atoms with Crippen LogP contribution in [0.1, 0.15) is 41.5 Å². The minimum absolute atomic E-state index is 0.277. The number of hydrogen-bond donors (Lipinski definition) is 0. The first-order valence-electron chi connectivity index (χ1n) is 8.40. The first-order valence-corrected chi connectivity index (χ1v) is 9.74. The summed E-state index contributed by atoms with van der Waals surface area (Å²) in [6.07, 6.45) is 0. The van der Waals surface area contributed by atoms with Gasteiger partial charge in [0.1, 0.15) is 0 Å². The van der Waals surface area contributed by atoms with Crippen LogP contribution >= 0.6 is 7.92 Å². The molecular formula is C22H27P. The molecule has 0 spiro atoms. The summed E-state index contributed by atoms with van der Waals surface area (Å²) in [5, 5.41) is 7.65. The zero-order valence-corrected chi connectivity index (χ0v) is 16.0. The Bertz CT molecular complexity index is 833. The molecular weight excluding hydrogens is 295 g/mol. The van der Waals surface area contributed by atoms with Gasteiger partial charge in [-0.2, -0.15) is 0 Å². The van der Waals surface area contributed by atoms with E-state index in [0.717, 1.165) is 0 Å². The van der Waals surface area contributed by atoms with Crippen LogP contribution in [0.3, 0.4) is 0 Å². The maximum atomic E-state index is 2.46. The smallest absolute Gasteiger partial charge is 0.00990 e. The van der Waals surface area contributed by atoms with Gasteiger partial charge in [-0.3, -0.25) is 0 Å². The molecule has 0 N–H and O–H groups in total. The molecule has 0 saturated carbocycles. The average Bonchev–Trinajstić information content (AvgIpc) is 2.44. The fourth-order valence-corrected chi connectivity index (χ4v) is 8.11. The third kappa shape index (κ3) is 3.02. The first kappa shape index (κ1) is 16.5. The third-order valence-corrected chi connectivity index (χ3v) is 7.86. The van der Waals surface area contributed by atoms with E-state index in [4.69, 9.17) is 0 Å². The van der Waals surface area contributed by atoms with Gasteiger partial charge >= 0.3 is 0 Å². The molecule has 0 fully saturated rings. The molecule has 3 aromatic carbocycles. The van der Waals surface area contributed by atoms with E-state index in [1.807, 2.05) is 0 Å². The molecule has 3 rings (SSSR count). The van der Waals surface area contributed by atoms with E-state index in [2.05, 4.69) is 96.1 Å². The Morgan fingerprint density at radius 2 is 1.09 bits per heavy atom. The predicted octanol–water partition coefficient (Wildman–Crippen LogP) is 6.70. The number of rotatable bonds is 1. The lowest BCUT2D eigenvalue weighted by molar-refractivity contribution is 0.715. The van der Waals surface area contributed by atoms with E-state index < -0.39 is 0 Å². The van der Waals surface area contributed by atoms with Crippen molar-refractivity contribution in [2.75, 3.05) is 0 Å². The minimum Gasteiger partial charge on any atom is -0.0636 e. The fourth-order valence-electron chi connectivity index (χ4n) is 3.95. The van der Waals surface area contributed by atoms with E-state index in [9.17, 15) is 0 Å². The number of fused-ring (bicyclic) bond motifs is 3. The van der Waals surface area contributed by atoms with Gasteiger partial charge in [-0.1, -0.05) is 98.0 Å². The molecule has 0 atom stereocenters. The summed E-state index contributed by atoms with van der Waals surface area (Å²) in [6, 6.07) is 20.2. The molecule has 1 heteroatoms. The summed E-state index contributed by atoms with van der Waals surface area (Å²) >= 11 is 0. The number of hydrogen-bond acceptors (Lipinski definition) is 0. The summed E-state index contributed by atoms with van der Waals surface area (Å²) in [5.74, 6) is 0. The van der Waals surface area contributed by atoms with E-state index >= 15 is 0 Å². The van der Waals surface area contributed by atoms with Gasteiger partial charge in [-0.15, -0.1) is 0 Å². The highest BCUT2D eigenvalue weighted by Gasteiger charge is 2.36. The van der Waals surface area contributed by atoms with Crippen molar-refractivity contribution in [2.45, 2.75) is 51.9 Å². The highest BCUT2D eigenvalue weighted by Crippen LogP contribution is 2.59. The molecule has 0 bridgehead atoms. The molecule has 0 radical (unpaired) electrons. The van der Waals surface area contributed by atoms with Crippen LogP contribution in [0.25, 0.3) is 21.5 Å². The Morgan fingerprint density at radius 1 is 0.609 bits per heavy atom. The van der Waals surface area contributed by atoms with Crippen molar-refractivity contribution in [2.24, 2.45) is 0 Å². The Morgan fingerprint density at radius 3 is 1.65 bits per heavy atom. The first-order chi connectivity index (χ1) is 10.7. The van der Waals surface area contributed by atoms with Crippen LogP contribution in [0.4, 0.5) is 0 Å². The van der Waals surface area contributed by atoms with Crippen LogP contribution in [0.5, 0.6) is 0 Å². The quantitative estimate of drug-likeness (QED) is 0.345. The standard InChI is InChI=1S/C22H27P/c1-21(2,3)23(22(4,5)6)20-15-16-11-7-8-12-17(16)18-13-9-10-14-19(18)20/h7-15H,1-6H3. The van der Waals surface area contributed by atoms with Crippen LogP contribution in [-0.4, -0.2) is 10.3 Å². The van der Waals surface area contributed by atoms with Crippen molar-refractivity contribution in [3.8, 4) is 0 Å². The Balaban J connectivity index is 2.43. The van der Waals surface area contributed by atoms with Gasteiger partial charge < -0.3 is 0 Å². The van der Waals surface area contributed by atoms with Gasteiger partial charge in [0, 0.05) is 0 Å². The monoisotopic (exact) mass is 322 g/mol. The molecule has 0 aliphatic heterocycles. The molecule has 0 heterocycles. The second-order valence-corrected chi connectivity index (χ2v) is 12.2. The second-order valence-electron chi connectivity index (χ2n) is 8.34. The maximum absolute atomic E-state index is 2.46. The van der Waals surface area contributed by atoms with Crippen LogP contribution in [-0.2, 0) is 0 Å². The SMILES string of the molecule is CC(C)(C)P(c1cc2ccccc2c2ccccc12)C(C)(C)C. The molecule has 0 amide bonds. The van der Waals surface area contributed by atoms with Crippen molar-refractivity contribution in [3.05, 3.63) is 54.6 Å². The summed E-state index contributed by atoms with van der Waals surface area (Å²) in [6.45, 7) is 14.4. The molecule has 0 aliphatic rings. The lowest BCUT2D eigenvalue weighted by Crippen LogP contribution is -2.31. The van der Waals surface area contributed by atoms with Gasteiger partial charge in [0.2, 0.25) is 0 Å². The zero-order chi connectivity index (χ0) is 16.8. The molecule has 120 valence electrons. The van der Waals surface area contributed by atoms with E-state index in [0.29, 0.717) is 0 Å². The number of benzene rings is 3. The topological polar surface area (TPSA) is 0 Å². The highest BCUT2D eigenvalue weighted by molar-refractivity contribution is 7.69. The van der Waals surface area contributed by atoms with Gasteiger partial charge in [0.05, 0.1) is 0 Å². The van der Waals surface area contributed by atoms with E-state index in [1.54, 1.807) is 5.30 Å². The second kappa shape index (κ2) is 5.60. The predicted molar refractivity (Wildman–Crippen MR) is 108 cm³/mol. The highest BCUT2D eigenvalue weighted by atomic mass is 31.1.